The van der Waals surface area contributed by atoms with Crippen molar-refractivity contribution < 1.29 is 0 Å². The largest absolute Gasteiger partial charge is 0.330 e. The molecule has 0 amide bonds. The van der Waals surface area contributed by atoms with Crippen LogP contribution in [0.5, 0.6) is 0 Å². The van der Waals surface area contributed by atoms with Crippen LogP contribution in [0.1, 0.15) is 146 Å². The zero-order chi connectivity index (χ0) is 30.7. The van der Waals surface area contributed by atoms with Gasteiger partial charge in [-0.1, -0.05) is 47.0 Å². The molecular formula is C37H76N4. The lowest BCUT2D eigenvalue weighted by Crippen LogP contribution is -2.47. The van der Waals surface area contributed by atoms with Crippen LogP contribution in [0.25, 0.3) is 0 Å². The Labute approximate surface area is 258 Å². The van der Waals surface area contributed by atoms with Gasteiger partial charge in [0.25, 0.3) is 0 Å². The molecule has 3 heterocycles. The summed E-state index contributed by atoms with van der Waals surface area (Å²) in [5.41, 5.74) is 6.86. The molecule has 4 aliphatic rings. The number of nitrogens with one attached hydrogen (secondary N) is 1. The summed E-state index contributed by atoms with van der Waals surface area (Å²) in [6.07, 6.45) is 16.9. The third kappa shape index (κ3) is 13.6. The van der Waals surface area contributed by atoms with Crippen molar-refractivity contribution >= 4 is 0 Å². The highest BCUT2D eigenvalue weighted by Gasteiger charge is 2.32. The molecule has 1 aliphatic carbocycles. The van der Waals surface area contributed by atoms with E-state index < -0.39 is 0 Å². The first-order valence-electron chi connectivity index (χ1n) is 18.1. The molecule has 0 bridgehead atoms. The first kappa shape index (κ1) is 37.0. The third-order valence-corrected chi connectivity index (χ3v) is 11.2. The molecule has 0 spiro atoms. The molecule has 4 rings (SSSR count). The maximum Gasteiger partial charge on any atom is 0.0125 e. The minimum atomic E-state index is 0.341. The topological polar surface area (TPSA) is 44.5 Å². The highest BCUT2D eigenvalue weighted by atomic mass is 15.2. The smallest absolute Gasteiger partial charge is 0.0125 e. The van der Waals surface area contributed by atoms with E-state index in [-0.39, 0.29) is 0 Å². The van der Waals surface area contributed by atoms with Gasteiger partial charge >= 0.3 is 0 Å². The van der Waals surface area contributed by atoms with Crippen molar-refractivity contribution in [3.63, 3.8) is 0 Å². The Balaban J connectivity index is 0.000000218. The fourth-order valence-electron chi connectivity index (χ4n) is 7.94. The van der Waals surface area contributed by atoms with Gasteiger partial charge in [-0.2, -0.15) is 0 Å². The van der Waals surface area contributed by atoms with Crippen molar-refractivity contribution in [2.24, 2.45) is 40.7 Å². The molecular weight excluding hydrogens is 500 g/mol. The third-order valence-electron chi connectivity index (χ3n) is 11.2. The first-order chi connectivity index (χ1) is 19.1. The van der Waals surface area contributed by atoms with Crippen LogP contribution in [-0.4, -0.2) is 66.7 Å². The number of piperidine rings is 3. The number of nitrogens with two attached hydrogens (primary N) is 1. The second kappa shape index (κ2) is 17.4. The van der Waals surface area contributed by atoms with Crippen LogP contribution in [0.3, 0.4) is 0 Å². The van der Waals surface area contributed by atoms with E-state index in [1.165, 1.54) is 116 Å². The molecule has 3 saturated heterocycles. The predicted octanol–water partition coefficient (Wildman–Crippen LogP) is 8.59. The maximum atomic E-state index is 5.60. The van der Waals surface area contributed by atoms with Gasteiger partial charge in [0, 0.05) is 17.6 Å². The van der Waals surface area contributed by atoms with Crippen LogP contribution in [0.2, 0.25) is 0 Å². The highest BCUT2D eigenvalue weighted by Crippen LogP contribution is 2.40. The molecule has 3 N–H and O–H groups in total. The number of rotatable bonds is 4. The lowest BCUT2D eigenvalue weighted by Gasteiger charge is -2.43. The molecule has 41 heavy (non-hydrogen) atoms. The zero-order valence-corrected chi connectivity index (χ0v) is 29.8. The summed E-state index contributed by atoms with van der Waals surface area (Å²) < 4.78 is 0. The van der Waals surface area contributed by atoms with E-state index in [4.69, 9.17) is 5.73 Å². The van der Waals surface area contributed by atoms with Gasteiger partial charge in [-0.15, -0.1) is 0 Å². The normalized spacial score (nSPS) is 28.3. The van der Waals surface area contributed by atoms with Gasteiger partial charge in [-0.05, 0) is 174 Å². The van der Waals surface area contributed by atoms with Crippen molar-refractivity contribution in [3.05, 3.63) is 0 Å². The lowest BCUT2D eigenvalue weighted by molar-refractivity contribution is 0.0642. The molecule has 4 fully saturated rings. The molecule has 4 heteroatoms. The summed E-state index contributed by atoms with van der Waals surface area (Å²) in [5, 5.41) is 3.48. The summed E-state index contributed by atoms with van der Waals surface area (Å²) in [5.74, 6) is 4.91. The van der Waals surface area contributed by atoms with Gasteiger partial charge in [0.05, 0.1) is 0 Å². The van der Waals surface area contributed by atoms with Gasteiger partial charge < -0.3 is 11.1 Å². The number of hydrogen-bond donors (Lipinski definition) is 2. The predicted molar refractivity (Wildman–Crippen MR) is 183 cm³/mol. The number of hydrogen-bond acceptors (Lipinski definition) is 4. The lowest BCUT2D eigenvalue weighted by atomic mass is 9.69. The van der Waals surface area contributed by atoms with Gasteiger partial charge in [-0.3, -0.25) is 9.80 Å². The average Bonchev–Trinajstić information content (AvgIpc) is 2.93. The molecule has 4 nitrogen and oxygen atoms in total. The standard InChI is InChI=1S/C14H28N2.C12H24.C11H24N2/c1-14(2,3)16-10-6-13(7-11-16)12-4-8-15-9-5-12;1-5-10-6-8-11(9-7-10)12(2,3)4;1-11(2,3)13-8-4-5-10(9-13)6-7-12/h12-13,15H,4-11H2,1-3H3;10-11H,5-9H2,1-4H3;10H,4-9,12H2,1-3H3. The second-order valence-electron chi connectivity index (χ2n) is 17.3. The number of nitrogens with zero attached hydrogens (tertiary/aromatic N) is 2. The summed E-state index contributed by atoms with van der Waals surface area (Å²) in [6, 6.07) is 0. The van der Waals surface area contributed by atoms with Gasteiger partial charge in [-0.25, -0.2) is 0 Å². The fraction of sp³-hybridized carbons (Fsp3) is 1.00. The molecule has 1 atom stereocenters. The summed E-state index contributed by atoms with van der Waals surface area (Å²) in [4.78, 5) is 5.25. The molecule has 0 aromatic carbocycles. The van der Waals surface area contributed by atoms with Crippen molar-refractivity contribution in [2.45, 2.75) is 157 Å². The summed E-state index contributed by atoms with van der Waals surface area (Å²) in [6.45, 7) is 32.0. The van der Waals surface area contributed by atoms with Crippen molar-refractivity contribution in [2.75, 3.05) is 45.8 Å². The zero-order valence-electron chi connectivity index (χ0n) is 29.8. The molecule has 1 unspecified atom stereocenters. The van der Waals surface area contributed by atoms with Crippen LogP contribution >= 0.6 is 0 Å². The van der Waals surface area contributed by atoms with Crippen molar-refractivity contribution in [1.29, 1.82) is 0 Å². The van der Waals surface area contributed by atoms with Crippen molar-refractivity contribution in [1.82, 2.24) is 15.1 Å². The minimum absolute atomic E-state index is 0.341. The van der Waals surface area contributed by atoms with E-state index in [0.717, 1.165) is 36.1 Å². The molecule has 0 aromatic rings. The molecule has 3 aliphatic heterocycles. The van der Waals surface area contributed by atoms with E-state index >= 15 is 0 Å². The van der Waals surface area contributed by atoms with E-state index in [0.29, 0.717) is 16.5 Å². The first-order valence-corrected chi connectivity index (χ1v) is 18.1. The molecule has 0 radical (unpaired) electrons. The van der Waals surface area contributed by atoms with E-state index in [1.807, 2.05) is 0 Å². The Morgan fingerprint density at radius 2 is 1.17 bits per heavy atom. The molecule has 1 saturated carbocycles. The summed E-state index contributed by atoms with van der Waals surface area (Å²) >= 11 is 0. The Morgan fingerprint density at radius 1 is 0.634 bits per heavy atom. The SMILES string of the molecule is CC(C)(C)N1CCC(C2CCNCC2)CC1.CC(C)(C)N1CCCC(CCN)C1.CCC1CCC(C(C)(C)C)CC1. The van der Waals surface area contributed by atoms with Crippen LogP contribution in [0.4, 0.5) is 0 Å². The van der Waals surface area contributed by atoms with E-state index in [1.54, 1.807) is 0 Å². The van der Waals surface area contributed by atoms with Crippen LogP contribution < -0.4 is 11.1 Å². The van der Waals surface area contributed by atoms with Crippen LogP contribution in [0, 0.1) is 35.0 Å². The van der Waals surface area contributed by atoms with Crippen LogP contribution in [0.15, 0.2) is 0 Å². The molecule has 0 aromatic heterocycles. The van der Waals surface area contributed by atoms with Gasteiger partial charge in [0.1, 0.15) is 0 Å². The fourth-order valence-corrected chi connectivity index (χ4v) is 7.94. The number of likely N-dealkylation sites (tertiary alicyclic amines) is 2. The Hall–Kier alpha value is -0.160. The Kier molecular flexibility index (Phi) is 15.7. The average molecular weight is 577 g/mol. The minimum Gasteiger partial charge on any atom is -0.330 e. The van der Waals surface area contributed by atoms with Gasteiger partial charge in [0.2, 0.25) is 0 Å². The van der Waals surface area contributed by atoms with Crippen molar-refractivity contribution in [3.8, 4) is 0 Å². The monoisotopic (exact) mass is 577 g/mol. The van der Waals surface area contributed by atoms with E-state index in [2.05, 4.69) is 84.4 Å². The van der Waals surface area contributed by atoms with E-state index in [9.17, 15) is 0 Å². The second-order valence-corrected chi connectivity index (χ2v) is 17.3. The highest BCUT2D eigenvalue weighted by molar-refractivity contribution is 4.86. The maximum absolute atomic E-state index is 5.60. The Bertz CT molecular complexity index is 661. The Morgan fingerprint density at radius 3 is 1.63 bits per heavy atom. The molecule has 244 valence electrons. The summed E-state index contributed by atoms with van der Waals surface area (Å²) in [7, 11) is 0. The van der Waals surface area contributed by atoms with Crippen LogP contribution in [-0.2, 0) is 0 Å². The quantitative estimate of drug-likeness (QED) is 0.352. The van der Waals surface area contributed by atoms with Gasteiger partial charge in [0.15, 0.2) is 0 Å².